The molecule has 18 heavy (non-hydrogen) atoms. The second kappa shape index (κ2) is 5.38. The first-order valence-electron chi connectivity index (χ1n) is 6.01. The molecular weight excluding hydrogens is 296 g/mol. The molecule has 0 unspecified atom stereocenters. The molecule has 1 saturated heterocycles. The van der Waals surface area contributed by atoms with E-state index in [0.717, 1.165) is 16.6 Å². The summed E-state index contributed by atoms with van der Waals surface area (Å²) in [6.45, 7) is 3.45. The molecule has 0 spiro atoms. The van der Waals surface area contributed by atoms with Gasteiger partial charge in [-0.15, -0.1) is 0 Å². The van der Waals surface area contributed by atoms with Crippen LogP contribution in [0.2, 0.25) is 0 Å². The molecule has 1 amide bonds. The minimum absolute atomic E-state index is 0.0459. The molecule has 1 aromatic carbocycles. The zero-order valence-electron chi connectivity index (χ0n) is 10.3. The molecule has 1 aromatic rings. The lowest BCUT2D eigenvalue weighted by Gasteiger charge is -2.45. The first-order valence-corrected chi connectivity index (χ1v) is 6.80. The summed E-state index contributed by atoms with van der Waals surface area (Å²) in [5, 5.41) is 12.7. The van der Waals surface area contributed by atoms with Crippen molar-refractivity contribution in [2.24, 2.45) is 0 Å². The number of amides is 1. The molecule has 0 atom stereocenters. The number of carbonyl (C=O) groups is 1. The highest BCUT2D eigenvalue weighted by Crippen LogP contribution is 2.23. The van der Waals surface area contributed by atoms with Gasteiger partial charge in [-0.25, -0.2) is 0 Å². The van der Waals surface area contributed by atoms with Crippen molar-refractivity contribution in [2.75, 3.05) is 25.0 Å². The number of carbonyl (C=O) groups excluding carboxylic acids is 1. The summed E-state index contributed by atoms with van der Waals surface area (Å²) in [6.07, 6.45) is 0.734. The third-order valence-corrected chi connectivity index (χ3v) is 3.72. The van der Waals surface area contributed by atoms with Crippen molar-refractivity contribution in [2.45, 2.75) is 18.9 Å². The van der Waals surface area contributed by atoms with Crippen LogP contribution in [0.5, 0.6) is 0 Å². The highest BCUT2D eigenvalue weighted by atomic mass is 79.9. The van der Waals surface area contributed by atoms with E-state index in [1.54, 1.807) is 0 Å². The Hall–Kier alpha value is -0.910. The molecule has 0 aromatic heterocycles. The van der Waals surface area contributed by atoms with Gasteiger partial charge in [0.15, 0.2) is 0 Å². The smallest absolute Gasteiger partial charge is 0.238 e. The van der Waals surface area contributed by atoms with Gasteiger partial charge in [-0.3, -0.25) is 9.69 Å². The number of aliphatic hydroxyl groups is 1. The van der Waals surface area contributed by atoms with Gasteiger partial charge in [0.25, 0.3) is 0 Å². The fourth-order valence-electron chi connectivity index (χ4n) is 2.06. The Bertz CT molecular complexity index is 427. The first kappa shape index (κ1) is 13.5. The van der Waals surface area contributed by atoms with Gasteiger partial charge in [-0.1, -0.05) is 22.9 Å². The molecular formula is C13H17BrN2O2. The van der Waals surface area contributed by atoms with Crippen LogP contribution in [0.25, 0.3) is 0 Å². The van der Waals surface area contributed by atoms with E-state index in [9.17, 15) is 9.90 Å². The third-order valence-electron chi connectivity index (χ3n) is 3.19. The molecule has 2 rings (SSSR count). The lowest BCUT2D eigenvalue weighted by atomic mass is 9.91. The van der Waals surface area contributed by atoms with Gasteiger partial charge in [0.2, 0.25) is 5.91 Å². The summed E-state index contributed by atoms with van der Waals surface area (Å²) in [7, 11) is 0. The zero-order chi connectivity index (χ0) is 13.2. The van der Waals surface area contributed by atoms with Gasteiger partial charge in [-0.2, -0.15) is 0 Å². The molecule has 1 heterocycles. The SMILES string of the molecule is CCC1(O)CN(CC(=O)Nc2ccc(Br)cc2)C1. The number of nitrogens with zero attached hydrogens (tertiary/aromatic N) is 1. The summed E-state index contributed by atoms with van der Waals surface area (Å²) in [5.41, 5.74) is 0.201. The van der Waals surface area contributed by atoms with Crippen LogP contribution in [-0.4, -0.2) is 41.1 Å². The third kappa shape index (κ3) is 3.31. The number of hydrogen-bond donors (Lipinski definition) is 2. The normalized spacial score (nSPS) is 18.2. The molecule has 4 nitrogen and oxygen atoms in total. The topological polar surface area (TPSA) is 52.6 Å². The number of rotatable bonds is 4. The highest BCUT2D eigenvalue weighted by molar-refractivity contribution is 9.10. The second-order valence-corrected chi connectivity index (χ2v) is 5.69. The van der Waals surface area contributed by atoms with E-state index in [0.29, 0.717) is 19.6 Å². The van der Waals surface area contributed by atoms with E-state index >= 15 is 0 Å². The lowest BCUT2D eigenvalue weighted by Crippen LogP contribution is -2.62. The molecule has 0 bridgehead atoms. The summed E-state index contributed by atoms with van der Waals surface area (Å²) in [5.74, 6) is -0.0459. The van der Waals surface area contributed by atoms with E-state index in [2.05, 4.69) is 21.2 Å². The van der Waals surface area contributed by atoms with Crippen molar-refractivity contribution >= 4 is 27.5 Å². The maximum Gasteiger partial charge on any atom is 0.238 e. The highest BCUT2D eigenvalue weighted by Gasteiger charge is 2.39. The Morgan fingerprint density at radius 3 is 2.61 bits per heavy atom. The minimum Gasteiger partial charge on any atom is -0.387 e. The molecule has 1 fully saturated rings. The number of halogens is 1. The van der Waals surface area contributed by atoms with E-state index in [-0.39, 0.29) is 5.91 Å². The van der Waals surface area contributed by atoms with Crippen LogP contribution in [0.3, 0.4) is 0 Å². The van der Waals surface area contributed by atoms with Gasteiger partial charge < -0.3 is 10.4 Å². The van der Waals surface area contributed by atoms with Crippen molar-refractivity contribution in [3.8, 4) is 0 Å². The number of hydrogen-bond acceptors (Lipinski definition) is 3. The molecule has 2 N–H and O–H groups in total. The quantitative estimate of drug-likeness (QED) is 0.892. The average molecular weight is 313 g/mol. The van der Waals surface area contributed by atoms with Crippen LogP contribution in [0, 0.1) is 0 Å². The van der Waals surface area contributed by atoms with E-state index in [1.807, 2.05) is 36.1 Å². The maximum absolute atomic E-state index is 11.8. The summed E-state index contributed by atoms with van der Waals surface area (Å²) in [4.78, 5) is 13.7. The Kier molecular flexibility index (Phi) is 4.04. The van der Waals surface area contributed by atoms with Crippen molar-refractivity contribution < 1.29 is 9.90 Å². The number of nitrogens with one attached hydrogen (secondary N) is 1. The molecule has 0 aliphatic carbocycles. The van der Waals surface area contributed by atoms with E-state index in [1.165, 1.54) is 0 Å². The zero-order valence-corrected chi connectivity index (χ0v) is 11.9. The first-order chi connectivity index (χ1) is 8.50. The average Bonchev–Trinajstić information content (AvgIpc) is 2.30. The van der Waals surface area contributed by atoms with E-state index in [4.69, 9.17) is 0 Å². The van der Waals surface area contributed by atoms with Crippen LogP contribution in [0.4, 0.5) is 5.69 Å². The van der Waals surface area contributed by atoms with Crippen LogP contribution in [-0.2, 0) is 4.79 Å². The van der Waals surface area contributed by atoms with Gasteiger partial charge in [-0.05, 0) is 30.7 Å². The number of β-amino-alcohol motifs (C(OH)–C–C–N with tert-alkyl or cyclic N) is 1. The monoisotopic (exact) mass is 312 g/mol. The Balaban J connectivity index is 1.78. The number of benzene rings is 1. The second-order valence-electron chi connectivity index (χ2n) is 4.78. The molecule has 0 radical (unpaired) electrons. The summed E-state index contributed by atoms with van der Waals surface area (Å²) < 4.78 is 0.983. The van der Waals surface area contributed by atoms with Crippen molar-refractivity contribution in [1.29, 1.82) is 0 Å². The van der Waals surface area contributed by atoms with Crippen molar-refractivity contribution in [3.63, 3.8) is 0 Å². The fraction of sp³-hybridized carbons (Fsp3) is 0.462. The lowest BCUT2D eigenvalue weighted by molar-refractivity contribution is -0.128. The number of likely N-dealkylation sites (tertiary alicyclic amines) is 1. The minimum atomic E-state index is -0.585. The molecule has 98 valence electrons. The predicted octanol–water partition coefficient (Wildman–Crippen LogP) is 1.84. The van der Waals surface area contributed by atoms with Crippen LogP contribution in [0.1, 0.15) is 13.3 Å². The van der Waals surface area contributed by atoms with Gasteiger partial charge in [0.1, 0.15) is 0 Å². The van der Waals surface area contributed by atoms with Gasteiger partial charge in [0.05, 0.1) is 12.1 Å². The molecule has 1 aliphatic rings. The Morgan fingerprint density at radius 2 is 2.06 bits per heavy atom. The maximum atomic E-state index is 11.8. The summed E-state index contributed by atoms with van der Waals surface area (Å²) in [6, 6.07) is 7.46. The van der Waals surface area contributed by atoms with Crippen molar-refractivity contribution in [3.05, 3.63) is 28.7 Å². The van der Waals surface area contributed by atoms with Gasteiger partial charge in [0, 0.05) is 23.2 Å². The Labute approximate surface area is 115 Å². The fourth-order valence-corrected chi connectivity index (χ4v) is 2.32. The van der Waals surface area contributed by atoms with Crippen LogP contribution < -0.4 is 5.32 Å². The molecule has 1 aliphatic heterocycles. The van der Waals surface area contributed by atoms with E-state index < -0.39 is 5.60 Å². The number of anilines is 1. The van der Waals surface area contributed by atoms with Crippen LogP contribution >= 0.6 is 15.9 Å². The Morgan fingerprint density at radius 1 is 1.44 bits per heavy atom. The standard InChI is InChI=1S/C13H17BrN2O2/c1-2-13(18)8-16(9-13)7-12(17)15-11-5-3-10(14)4-6-11/h3-6,18H,2,7-9H2,1H3,(H,15,17). The van der Waals surface area contributed by atoms with Gasteiger partial charge >= 0.3 is 0 Å². The van der Waals surface area contributed by atoms with Crippen LogP contribution in [0.15, 0.2) is 28.7 Å². The molecule has 0 saturated carbocycles. The summed E-state index contributed by atoms with van der Waals surface area (Å²) >= 11 is 3.34. The predicted molar refractivity (Wildman–Crippen MR) is 74.5 cm³/mol. The largest absolute Gasteiger partial charge is 0.387 e. The van der Waals surface area contributed by atoms with Crippen molar-refractivity contribution in [1.82, 2.24) is 4.90 Å². The molecule has 5 heteroatoms.